The van der Waals surface area contributed by atoms with Gasteiger partial charge < -0.3 is 25.8 Å². The molecule has 3 aromatic rings. The number of hydrogen-bond acceptors (Lipinski definition) is 6. The molecule has 2 saturated heterocycles. The summed E-state index contributed by atoms with van der Waals surface area (Å²) in [5, 5.41) is 21.4. The van der Waals surface area contributed by atoms with Crippen LogP contribution in [0, 0.1) is 11.6 Å². The minimum absolute atomic E-state index is 0.00996. The summed E-state index contributed by atoms with van der Waals surface area (Å²) in [4.78, 5) is 27.5. The van der Waals surface area contributed by atoms with Gasteiger partial charge in [-0.05, 0) is 48.4 Å². The topological polar surface area (TPSA) is 134 Å². The molecule has 2 fully saturated rings. The molecule has 4 atom stereocenters. The summed E-state index contributed by atoms with van der Waals surface area (Å²) in [6, 6.07) is 7.21. The van der Waals surface area contributed by atoms with E-state index in [1.165, 1.54) is 11.1 Å². The maximum atomic E-state index is 14.3. The molecular weight excluding hydrogens is 555 g/mol. The van der Waals surface area contributed by atoms with Crippen molar-refractivity contribution in [2.45, 2.75) is 43.1 Å². The van der Waals surface area contributed by atoms with Crippen LogP contribution in [0.25, 0.3) is 0 Å². The zero-order valence-corrected chi connectivity index (χ0v) is 22.0. The van der Waals surface area contributed by atoms with Gasteiger partial charge in [0.1, 0.15) is 17.7 Å². The fourth-order valence-corrected chi connectivity index (χ4v) is 5.68. The molecule has 5 rings (SSSR count). The number of anilines is 1. The smallest absolute Gasteiger partial charge is 0.268 e. The molecule has 2 aliphatic rings. The summed E-state index contributed by atoms with van der Waals surface area (Å²) in [5.74, 6) is -3.24. The lowest BCUT2D eigenvalue weighted by Gasteiger charge is -2.34. The molecule has 2 aromatic carbocycles. The first kappa shape index (κ1) is 27.5. The quantitative estimate of drug-likeness (QED) is 0.331. The number of aliphatic hydroxyl groups is 1. The van der Waals surface area contributed by atoms with E-state index in [9.17, 15) is 23.5 Å². The highest BCUT2D eigenvalue weighted by Crippen LogP contribution is 2.40. The van der Waals surface area contributed by atoms with Crippen LogP contribution in [0.4, 0.5) is 14.5 Å². The van der Waals surface area contributed by atoms with Crippen LogP contribution in [0.15, 0.2) is 42.6 Å². The Kier molecular flexibility index (Phi) is 7.62. The number of carbonyl (C=O) groups excluding carboxylic acids is 2. The lowest BCUT2D eigenvalue weighted by atomic mass is 9.88. The van der Waals surface area contributed by atoms with Gasteiger partial charge in [0.25, 0.3) is 11.8 Å². The third kappa shape index (κ3) is 5.37. The Balaban J connectivity index is 1.27. The zero-order valence-electron chi connectivity index (χ0n) is 20.5. The fourth-order valence-electron chi connectivity index (χ4n) is 5.11. The Labute approximate surface area is 232 Å². The maximum Gasteiger partial charge on any atom is 0.268 e. The number of halogens is 4. The van der Waals surface area contributed by atoms with Crippen LogP contribution in [0.3, 0.4) is 0 Å². The van der Waals surface area contributed by atoms with Crippen LogP contribution in [0.2, 0.25) is 10.0 Å². The van der Waals surface area contributed by atoms with Gasteiger partial charge in [-0.15, -0.1) is 0 Å². The van der Waals surface area contributed by atoms with E-state index < -0.39 is 41.2 Å². The molecule has 3 heterocycles. The van der Waals surface area contributed by atoms with E-state index in [2.05, 4.69) is 15.5 Å². The van der Waals surface area contributed by atoms with Crippen molar-refractivity contribution in [1.29, 1.82) is 0 Å². The van der Waals surface area contributed by atoms with E-state index in [0.717, 1.165) is 18.2 Å². The van der Waals surface area contributed by atoms with Crippen molar-refractivity contribution in [3.63, 3.8) is 0 Å². The third-order valence-corrected chi connectivity index (χ3v) is 7.50. The number of rotatable bonds is 6. The van der Waals surface area contributed by atoms with Crippen molar-refractivity contribution in [2.75, 3.05) is 18.1 Å². The number of H-pyrrole nitrogens is 1. The lowest BCUT2D eigenvalue weighted by Crippen LogP contribution is -2.52. The Morgan fingerprint density at radius 2 is 2.00 bits per heavy atom. The number of amides is 2. The largest absolute Gasteiger partial charge is 0.372 e. The van der Waals surface area contributed by atoms with Crippen LogP contribution in [0.5, 0.6) is 0 Å². The number of aromatic amines is 1. The highest BCUT2D eigenvalue weighted by molar-refractivity contribution is 6.34. The number of nitrogens with two attached hydrogens (primary N) is 1. The van der Waals surface area contributed by atoms with E-state index in [0.29, 0.717) is 33.4 Å². The highest BCUT2D eigenvalue weighted by Gasteiger charge is 2.52. The summed E-state index contributed by atoms with van der Waals surface area (Å²) < 4.78 is 33.8. The zero-order chi connectivity index (χ0) is 27.9. The molecule has 0 aliphatic carbocycles. The van der Waals surface area contributed by atoms with Gasteiger partial charge in [-0.25, -0.2) is 8.78 Å². The maximum absolute atomic E-state index is 14.3. The van der Waals surface area contributed by atoms with Crippen LogP contribution in [0.1, 0.15) is 41.7 Å². The molecule has 9 nitrogen and oxygen atoms in total. The molecule has 2 amide bonds. The summed E-state index contributed by atoms with van der Waals surface area (Å²) in [7, 11) is 0. The lowest BCUT2D eigenvalue weighted by molar-refractivity contribution is -0.149. The van der Waals surface area contributed by atoms with Crippen molar-refractivity contribution in [3.05, 3.63) is 81.1 Å². The molecule has 0 spiro atoms. The van der Waals surface area contributed by atoms with Gasteiger partial charge in [0.15, 0.2) is 0 Å². The molecule has 0 saturated carbocycles. The van der Waals surface area contributed by atoms with E-state index in [1.807, 2.05) is 0 Å². The predicted molar refractivity (Wildman–Crippen MR) is 139 cm³/mol. The average molecular weight is 580 g/mol. The van der Waals surface area contributed by atoms with Crippen molar-refractivity contribution in [2.24, 2.45) is 5.73 Å². The molecule has 13 heteroatoms. The van der Waals surface area contributed by atoms with Crippen molar-refractivity contribution in [1.82, 2.24) is 15.5 Å². The Hall–Kier alpha value is -3.09. The van der Waals surface area contributed by atoms with E-state index in [1.54, 1.807) is 18.2 Å². The minimum Gasteiger partial charge on any atom is -0.372 e. The number of hydrogen-bond donors (Lipinski definition) is 4. The number of carbonyl (C=O) groups is 2. The first-order chi connectivity index (χ1) is 18.6. The van der Waals surface area contributed by atoms with Crippen LogP contribution < -0.4 is 16.0 Å². The van der Waals surface area contributed by atoms with Gasteiger partial charge in [-0.1, -0.05) is 23.2 Å². The van der Waals surface area contributed by atoms with Crippen molar-refractivity contribution < 1.29 is 28.2 Å². The summed E-state index contributed by atoms with van der Waals surface area (Å²) >= 11 is 12.0. The van der Waals surface area contributed by atoms with Gasteiger partial charge in [-0.2, -0.15) is 5.10 Å². The number of benzene rings is 2. The highest BCUT2D eigenvalue weighted by atomic mass is 35.5. The Morgan fingerprint density at radius 3 is 2.72 bits per heavy atom. The Bertz CT molecular complexity index is 1400. The summed E-state index contributed by atoms with van der Waals surface area (Å²) in [6.45, 7) is 0.159. The van der Waals surface area contributed by atoms with Crippen molar-refractivity contribution >= 4 is 40.7 Å². The third-order valence-electron chi connectivity index (χ3n) is 7.06. The first-order valence-electron chi connectivity index (χ1n) is 12.2. The second-order valence-electron chi connectivity index (χ2n) is 9.70. The summed E-state index contributed by atoms with van der Waals surface area (Å²) in [6.07, 6.45) is 0.818. The summed E-state index contributed by atoms with van der Waals surface area (Å²) in [5.41, 5.74) is 5.49. The molecule has 206 valence electrons. The van der Waals surface area contributed by atoms with Gasteiger partial charge in [0, 0.05) is 53.3 Å². The molecule has 0 bridgehead atoms. The second kappa shape index (κ2) is 10.8. The van der Waals surface area contributed by atoms with E-state index in [4.69, 9.17) is 33.7 Å². The number of aromatic nitrogens is 2. The SMILES string of the molecule is N[C@H]1C[C@H](c2n[nH]cc2N2CCC(O)(C(=O)NCc3cc(Cl)cc(Cl)c3)C2=O)CO[C@@H]1c1cc(F)ccc1F. The number of nitrogens with zero attached hydrogens (tertiary/aromatic N) is 2. The van der Waals surface area contributed by atoms with Gasteiger partial charge >= 0.3 is 0 Å². The molecular formula is C26H25Cl2F2N5O4. The monoisotopic (exact) mass is 579 g/mol. The van der Waals surface area contributed by atoms with Crippen LogP contribution >= 0.6 is 23.2 Å². The molecule has 2 aliphatic heterocycles. The van der Waals surface area contributed by atoms with E-state index in [-0.39, 0.29) is 37.6 Å². The fraction of sp³-hybridized carbons (Fsp3) is 0.346. The molecule has 0 radical (unpaired) electrons. The van der Waals surface area contributed by atoms with Gasteiger partial charge in [-0.3, -0.25) is 14.7 Å². The standard InChI is InChI=1S/C26H25Cl2F2N5O4/c27-15-5-13(6-16(28)8-15)10-32-24(36)26(38)3-4-35(25(26)37)21-11-33-34-22(21)14-7-20(31)23(39-12-14)18-9-17(29)1-2-19(18)30/h1-2,5-6,8-9,11,14,20,23,38H,3-4,7,10,12,31H2,(H,32,36)(H,33,34)/t14-,20-,23+,26?/m0/s1. The Morgan fingerprint density at radius 1 is 1.26 bits per heavy atom. The van der Waals surface area contributed by atoms with E-state index >= 15 is 0 Å². The van der Waals surface area contributed by atoms with Gasteiger partial charge in [0.05, 0.1) is 18.0 Å². The number of ether oxygens (including phenoxy) is 1. The van der Waals surface area contributed by atoms with Gasteiger partial charge in [0.2, 0.25) is 5.60 Å². The normalized spacial score (nSPS) is 25.2. The van der Waals surface area contributed by atoms with Crippen LogP contribution in [-0.4, -0.2) is 51.9 Å². The molecule has 1 unspecified atom stereocenters. The first-order valence-corrected chi connectivity index (χ1v) is 13.0. The predicted octanol–water partition coefficient (Wildman–Crippen LogP) is 3.35. The molecule has 39 heavy (non-hydrogen) atoms. The van der Waals surface area contributed by atoms with Crippen LogP contribution in [-0.2, 0) is 20.9 Å². The van der Waals surface area contributed by atoms with Crippen molar-refractivity contribution in [3.8, 4) is 0 Å². The second-order valence-corrected chi connectivity index (χ2v) is 10.6. The number of nitrogens with one attached hydrogen (secondary N) is 2. The average Bonchev–Trinajstić information content (AvgIpc) is 3.48. The molecule has 5 N–H and O–H groups in total. The minimum atomic E-state index is -2.28. The molecule has 1 aromatic heterocycles.